The average Bonchev–Trinajstić information content (AvgIpc) is 2.76. The normalized spacial score (nSPS) is 12.9. The Balaban J connectivity index is 1.91. The van der Waals surface area contributed by atoms with Crippen molar-refractivity contribution in [1.82, 2.24) is 14.8 Å². The topological polar surface area (TPSA) is 56.7 Å². The number of aromatic nitrogens is 3. The van der Waals surface area contributed by atoms with Crippen molar-refractivity contribution in [3.05, 3.63) is 34.0 Å². The predicted octanol–water partition coefficient (Wildman–Crippen LogP) is 1.30. The molecule has 1 unspecified atom stereocenters. The highest BCUT2D eigenvalue weighted by Crippen LogP contribution is 2.11. The molecule has 86 valence electrons. The minimum Gasteiger partial charge on any atom is -0.327 e. The van der Waals surface area contributed by atoms with Crippen LogP contribution in [0, 0.1) is 6.92 Å². The van der Waals surface area contributed by atoms with Crippen LogP contribution in [0.15, 0.2) is 17.6 Å². The number of hydrogen-bond donors (Lipinski definition) is 1. The molecule has 2 rings (SSSR count). The zero-order valence-electron chi connectivity index (χ0n) is 9.55. The van der Waals surface area contributed by atoms with Gasteiger partial charge in [-0.05, 0) is 13.0 Å². The molecule has 0 spiro atoms. The van der Waals surface area contributed by atoms with Crippen LogP contribution in [0.3, 0.4) is 0 Å². The predicted molar refractivity (Wildman–Crippen MR) is 65.4 cm³/mol. The van der Waals surface area contributed by atoms with Crippen LogP contribution in [0.25, 0.3) is 0 Å². The maximum atomic E-state index is 6.07. The van der Waals surface area contributed by atoms with E-state index in [1.165, 1.54) is 0 Å². The number of hydrogen-bond acceptors (Lipinski definition) is 4. The van der Waals surface area contributed by atoms with Gasteiger partial charge in [0.15, 0.2) is 0 Å². The van der Waals surface area contributed by atoms with Crippen molar-refractivity contribution < 1.29 is 0 Å². The number of aryl methyl sites for hydroxylation is 2. The lowest BCUT2D eigenvalue weighted by Crippen LogP contribution is -2.25. The summed E-state index contributed by atoms with van der Waals surface area (Å²) < 4.78 is 1.80. The van der Waals surface area contributed by atoms with Crippen molar-refractivity contribution in [3.8, 4) is 0 Å². The lowest BCUT2D eigenvalue weighted by Gasteiger charge is -2.07. The fraction of sp³-hybridized carbons (Fsp3) is 0.455. The fourth-order valence-electron chi connectivity index (χ4n) is 1.63. The molecular formula is C11H16N4S. The average molecular weight is 236 g/mol. The van der Waals surface area contributed by atoms with E-state index >= 15 is 0 Å². The fourth-order valence-corrected chi connectivity index (χ4v) is 2.50. The summed E-state index contributed by atoms with van der Waals surface area (Å²) in [7, 11) is 1.92. The zero-order valence-corrected chi connectivity index (χ0v) is 10.4. The largest absolute Gasteiger partial charge is 0.327 e. The Bertz CT molecular complexity index is 418. The van der Waals surface area contributed by atoms with Gasteiger partial charge in [0.05, 0.1) is 10.7 Å². The van der Waals surface area contributed by atoms with Crippen molar-refractivity contribution in [2.45, 2.75) is 25.8 Å². The highest BCUT2D eigenvalue weighted by Gasteiger charge is 2.09. The molecule has 0 amide bonds. The molecule has 2 aromatic rings. The van der Waals surface area contributed by atoms with Crippen LogP contribution in [-0.4, -0.2) is 20.8 Å². The van der Waals surface area contributed by atoms with E-state index in [4.69, 9.17) is 5.73 Å². The molecule has 0 aromatic carbocycles. The Labute approximate surface area is 99.1 Å². The molecule has 0 radical (unpaired) electrons. The molecule has 4 nitrogen and oxygen atoms in total. The monoisotopic (exact) mass is 236 g/mol. The van der Waals surface area contributed by atoms with Gasteiger partial charge in [0.2, 0.25) is 0 Å². The molecule has 0 saturated carbocycles. The zero-order chi connectivity index (χ0) is 11.5. The van der Waals surface area contributed by atoms with Crippen LogP contribution in [-0.2, 0) is 19.9 Å². The Kier molecular flexibility index (Phi) is 3.36. The van der Waals surface area contributed by atoms with E-state index in [0.29, 0.717) is 0 Å². The smallest absolute Gasteiger partial charge is 0.0943 e. The van der Waals surface area contributed by atoms with Gasteiger partial charge in [-0.1, -0.05) is 0 Å². The molecule has 0 saturated heterocycles. The molecule has 1 atom stereocenters. The van der Waals surface area contributed by atoms with Gasteiger partial charge in [-0.15, -0.1) is 11.3 Å². The Morgan fingerprint density at radius 1 is 1.50 bits per heavy atom. The Morgan fingerprint density at radius 3 is 2.88 bits per heavy atom. The van der Waals surface area contributed by atoms with Crippen molar-refractivity contribution in [2.24, 2.45) is 12.8 Å². The highest BCUT2D eigenvalue weighted by atomic mass is 32.1. The second-order valence-corrected chi connectivity index (χ2v) is 4.97. The van der Waals surface area contributed by atoms with Crippen molar-refractivity contribution >= 4 is 11.3 Å². The third kappa shape index (κ3) is 2.90. The van der Waals surface area contributed by atoms with Crippen LogP contribution in [0.4, 0.5) is 0 Å². The number of thiazole rings is 1. The maximum absolute atomic E-state index is 6.07. The summed E-state index contributed by atoms with van der Waals surface area (Å²) in [6.45, 7) is 2.00. The van der Waals surface area contributed by atoms with Gasteiger partial charge in [0.25, 0.3) is 0 Å². The van der Waals surface area contributed by atoms with Crippen LogP contribution >= 0.6 is 11.3 Å². The van der Waals surface area contributed by atoms with E-state index in [9.17, 15) is 0 Å². The molecule has 0 aliphatic rings. The van der Waals surface area contributed by atoms with E-state index in [-0.39, 0.29) is 6.04 Å². The quantitative estimate of drug-likeness (QED) is 0.870. The Morgan fingerprint density at radius 2 is 2.31 bits per heavy atom. The van der Waals surface area contributed by atoms with Gasteiger partial charge in [-0.2, -0.15) is 5.10 Å². The van der Waals surface area contributed by atoms with Gasteiger partial charge in [-0.25, -0.2) is 4.98 Å². The number of nitrogens with zero attached hydrogens (tertiary/aromatic N) is 3. The van der Waals surface area contributed by atoms with Gasteiger partial charge >= 0.3 is 0 Å². The summed E-state index contributed by atoms with van der Waals surface area (Å²) in [5, 5.41) is 7.49. The van der Waals surface area contributed by atoms with Gasteiger partial charge in [0.1, 0.15) is 0 Å². The first-order valence-corrected chi connectivity index (χ1v) is 6.16. The molecule has 5 heteroatoms. The highest BCUT2D eigenvalue weighted by molar-refractivity contribution is 7.09. The molecule has 0 aliphatic carbocycles. The number of nitrogens with two attached hydrogens (primary N) is 1. The van der Waals surface area contributed by atoms with Crippen LogP contribution in [0.1, 0.15) is 16.4 Å². The molecule has 0 fully saturated rings. The second kappa shape index (κ2) is 4.76. The van der Waals surface area contributed by atoms with Gasteiger partial charge in [-0.3, -0.25) is 4.68 Å². The first-order valence-electron chi connectivity index (χ1n) is 5.28. The van der Waals surface area contributed by atoms with Gasteiger partial charge in [0, 0.05) is 43.2 Å². The van der Waals surface area contributed by atoms with Crippen molar-refractivity contribution in [3.63, 3.8) is 0 Å². The van der Waals surface area contributed by atoms with Crippen molar-refractivity contribution in [2.75, 3.05) is 0 Å². The van der Waals surface area contributed by atoms with E-state index in [2.05, 4.69) is 15.5 Å². The molecule has 0 bridgehead atoms. The molecule has 2 heterocycles. The summed E-state index contributed by atoms with van der Waals surface area (Å²) in [6.07, 6.45) is 3.57. The third-order valence-corrected chi connectivity index (χ3v) is 3.33. The van der Waals surface area contributed by atoms with Crippen LogP contribution in [0.2, 0.25) is 0 Å². The summed E-state index contributed by atoms with van der Waals surface area (Å²) in [5.74, 6) is 0. The summed E-state index contributed by atoms with van der Waals surface area (Å²) in [4.78, 5) is 4.41. The van der Waals surface area contributed by atoms with E-state index < -0.39 is 0 Å². The maximum Gasteiger partial charge on any atom is 0.0943 e. The first-order chi connectivity index (χ1) is 7.63. The summed E-state index contributed by atoms with van der Waals surface area (Å²) in [6, 6.07) is 2.10. The lowest BCUT2D eigenvalue weighted by atomic mass is 10.1. The van der Waals surface area contributed by atoms with E-state index in [1.807, 2.05) is 26.2 Å². The minimum atomic E-state index is 0.0976. The first kappa shape index (κ1) is 11.3. The summed E-state index contributed by atoms with van der Waals surface area (Å²) in [5.41, 5.74) is 8.19. The summed E-state index contributed by atoms with van der Waals surface area (Å²) >= 11 is 1.68. The number of rotatable bonds is 4. The van der Waals surface area contributed by atoms with E-state index in [0.717, 1.165) is 29.2 Å². The molecular weight excluding hydrogens is 220 g/mol. The lowest BCUT2D eigenvalue weighted by molar-refractivity contribution is 0.636. The molecule has 0 aliphatic heterocycles. The van der Waals surface area contributed by atoms with Crippen molar-refractivity contribution in [1.29, 1.82) is 0 Å². The van der Waals surface area contributed by atoms with Gasteiger partial charge < -0.3 is 5.73 Å². The van der Waals surface area contributed by atoms with Crippen LogP contribution in [0.5, 0.6) is 0 Å². The third-order valence-electron chi connectivity index (χ3n) is 2.34. The Hall–Kier alpha value is -1.20. The molecule has 16 heavy (non-hydrogen) atoms. The van der Waals surface area contributed by atoms with Crippen LogP contribution < -0.4 is 5.73 Å². The standard InChI is InChI=1S/C11H16N4S/c1-8-7-16-11(13-8)6-9(12)5-10-3-4-15(2)14-10/h3-4,7,9H,5-6,12H2,1-2H3. The molecule has 2 N–H and O–H groups in total. The SMILES string of the molecule is Cc1csc(CC(N)Cc2ccn(C)n2)n1. The molecule has 2 aromatic heterocycles. The van der Waals surface area contributed by atoms with E-state index in [1.54, 1.807) is 16.0 Å². The second-order valence-electron chi connectivity index (χ2n) is 4.03. The minimum absolute atomic E-state index is 0.0976.